The van der Waals surface area contributed by atoms with Crippen molar-refractivity contribution in [2.24, 2.45) is 0 Å². The van der Waals surface area contributed by atoms with Gasteiger partial charge in [0.05, 0.1) is 11.6 Å². The fourth-order valence-electron chi connectivity index (χ4n) is 4.09. The van der Waals surface area contributed by atoms with Gasteiger partial charge in [0.25, 0.3) is 0 Å². The van der Waals surface area contributed by atoms with Crippen molar-refractivity contribution in [2.45, 2.75) is 64.4 Å². The van der Waals surface area contributed by atoms with Crippen LogP contribution in [0.1, 0.15) is 49.8 Å². The van der Waals surface area contributed by atoms with Gasteiger partial charge in [0, 0.05) is 44.2 Å². The van der Waals surface area contributed by atoms with Gasteiger partial charge in [-0.2, -0.15) is 5.26 Å². The summed E-state index contributed by atoms with van der Waals surface area (Å²) in [5, 5.41) is 21.8. The highest BCUT2D eigenvalue weighted by Crippen LogP contribution is 2.41. The van der Waals surface area contributed by atoms with Gasteiger partial charge in [0.1, 0.15) is 25.1 Å². The molecule has 1 fully saturated rings. The van der Waals surface area contributed by atoms with Crippen LogP contribution in [0.5, 0.6) is 5.75 Å². The SMILES string of the molecule is [2H]CC(=O)OC[C@H]1OC(O)(c2ccc(C#N)c(COc3ccccc3)c2)[C@H](OC(=O)C[2H])[C@@H](OC(=O)C[2H])[C@@H]1OC(=O)C[2H]. The summed E-state index contributed by atoms with van der Waals surface area (Å²) < 4.78 is 61.9. The second-order valence-electron chi connectivity index (χ2n) is 8.44. The first-order valence-electron chi connectivity index (χ1n) is 14.5. The molecule has 12 nitrogen and oxygen atoms in total. The van der Waals surface area contributed by atoms with Crippen molar-refractivity contribution in [3.8, 4) is 11.8 Å². The largest absolute Gasteiger partial charge is 0.489 e. The van der Waals surface area contributed by atoms with Crippen LogP contribution in [0.2, 0.25) is 0 Å². The maximum atomic E-state index is 12.4. The van der Waals surface area contributed by atoms with Crippen molar-refractivity contribution in [1.29, 1.82) is 5.26 Å². The van der Waals surface area contributed by atoms with E-state index < -0.39 is 88.3 Å². The van der Waals surface area contributed by atoms with Crippen molar-refractivity contribution < 1.29 is 58.2 Å². The molecular formula is C28H29NO11. The van der Waals surface area contributed by atoms with Gasteiger partial charge in [-0.3, -0.25) is 19.2 Å². The fraction of sp³-hybridized carbons (Fsp3) is 0.393. The van der Waals surface area contributed by atoms with E-state index in [-0.39, 0.29) is 23.3 Å². The van der Waals surface area contributed by atoms with Crippen LogP contribution in [0.15, 0.2) is 48.5 Å². The Morgan fingerprint density at radius 3 is 2.25 bits per heavy atom. The molecule has 1 N–H and O–H groups in total. The van der Waals surface area contributed by atoms with E-state index >= 15 is 0 Å². The zero-order valence-electron chi connectivity index (χ0n) is 25.1. The molecular weight excluding hydrogens is 526 g/mol. The number of esters is 4. The van der Waals surface area contributed by atoms with Crippen LogP contribution >= 0.6 is 0 Å². The molecule has 12 heteroatoms. The number of ether oxygens (including phenoxy) is 6. The third kappa shape index (κ3) is 7.34. The Hall–Kier alpha value is -4.47. The lowest BCUT2D eigenvalue weighted by Crippen LogP contribution is -2.66. The molecule has 0 saturated carbocycles. The van der Waals surface area contributed by atoms with E-state index in [0.29, 0.717) is 5.75 Å². The van der Waals surface area contributed by atoms with Crippen molar-refractivity contribution in [3.63, 3.8) is 0 Å². The zero-order chi connectivity index (χ0) is 32.3. The van der Waals surface area contributed by atoms with E-state index in [4.69, 9.17) is 33.9 Å². The molecule has 212 valence electrons. The number of carbonyl (C=O) groups excluding carboxylic acids is 4. The summed E-state index contributed by atoms with van der Waals surface area (Å²) in [5.41, 5.74) is 0.222. The van der Waals surface area contributed by atoms with Gasteiger partial charge in [-0.15, -0.1) is 0 Å². The van der Waals surface area contributed by atoms with Gasteiger partial charge >= 0.3 is 23.9 Å². The number of hydrogen-bond acceptors (Lipinski definition) is 12. The lowest BCUT2D eigenvalue weighted by molar-refractivity contribution is -0.360. The van der Waals surface area contributed by atoms with E-state index in [1.807, 2.05) is 6.07 Å². The second-order valence-corrected chi connectivity index (χ2v) is 8.44. The Bertz CT molecular complexity index is 1370. The molecule has 3 rings (SSSR count). The van der Waals surface area contributed by atoms with Crippen molar-refractivity contribution >= 4 is 23.9 Å². The highest BCUT2D eigenvalue weighted by Gasteiger charge is 2.60. The van der Waals surface area contributed by atoms with Gasteiger partial charge in [0.15, 0.2) is 12.2 Å². The first-order valence-corrected chi connectivity index (χ1v) is 11.6. The number of hydrogen-bond donors (Lipinski definition) is 1. The predicted octanol–water partition coefficient (Wildman–Crippen LogP) is 2.04. The number of nitrogens with zero attached hydrogens (tertiary/aromatic N) is 1. The normalized spacial score (nSPS) is 25.0. The molecule has 2 aromatic rings. The third-order valence-corrected chi connectivity index (χ3v) is 5.68. The number of benzene rings is 2. The Kier molecular flexibility index (Phi) is 8.02. The third-order valence-electron chi connectivity index (χ3n) is 5.68. The Balaban J connectivity index is 2.16. The van der Waals surface area contributed by atoms with E-state index in [9.17, 15) is 29.5 Å². The van der Waals surface area contributed by atoms with E-state index in [0.717, 1.165) is 0 Å². The van der Waals surface area contributed by atoms with Gasteiger partial charge < -0.3 is 33.5 Å². The number of para-hydroxylation sites is 1. The highest BCUT2D eigenvalue weighted by atomic mass is 16.7. The lowest BCUT2D eigenvalue weighted by atomic mass is 9.86. The van der Waals surface area contributed by atoms with Crippen LogP contribution in [0.4, 0.5) is 0 Å². The Labute approximate surface area is 235 Å². The molecule has 2 aromatic carbocycles. The molecule has 1 unspecified atom stereocenters. The molecule has 1 aliphatic heterocycles. The van der Waals surface area contributed by atoms with Crippen molar-refractivity contribution in [2.75, 3.05) is 6.61 Å². The molecule has 1 heterocycles. The van der Waals surface area contributed by atoms with Crippen LogP contribution in [0.3, 0.4) is 0 Å². The minimum atomic E-state index is -2.77. The summed E-state index contributed by atoms with van der Waals surface area (Å²) in [6.45, 7) is -4.52. The molecule has 0 aromatic heterocycles. The summed E-state index contributed by atoms with van der Waals surface area (Å²) in [6.07, 6.45) is -7.35. The molecule has 0 amide bonds. The lowest BCUT2D eigenvalue weighted by Gasteiger charge is -2.48. The van der Waals surface area contributed by atoms with E-state index in [2.05, 4.69) is 0 Å². The Morgan fingerprint density at radius 2 is 1.60 bits per heavy atom. The van der Waals surface area contributed by atoms with Crippen LogP contribution < -0.4 is 4.74 Å². The van der Waals surface area contributed by atoms with Crippen LogP contribution in [0, 0.1) is 11.3 Å². The minimum absolute atomic E-state index is 0.143. The highest BCUT2D eigenvalue weighted by molar-refractivity contribution is 5.69. The number of nitriles is 1. The van der Waals surface area contributed by atoms with Crippen LogP contribution in [0.25, 0.3) is 0 Å². The standard InChI is InChI=1S/C28H29NO11/c1-16(30)35-15-24-25(37-17(2)31)26(38-18(3)32)27(39-19(4)33)28(34,40-24)22-11-10-20(13-29)21(12-22)14-36-23-8-6-5-7-9-23/h5-12,24-27,34H,14-15H2,1-4H3/t24-,25-,26+,27-,28?/m1/s1/i1D,2D,3D,4D. The monoisotopic (exact) mass is 559 g/mol. The number of carbonyl (C=O) groups is 4. The summed E-state index contributed by atoms with van der Waals surface area (Å²) >= 11 is 0. The molecule has 40 heavy (non-hydrogen) atoms. The maximum absolute atomic E-state index is 12.4. The average molecular weight is 560 g/mol. The molecule has 0 aliphatic carbocycles. The van der Waals surface area contributed by atoms with Crippen molar-refractivity contribution in [3.05, 3.63) is 65.2 Å². The van der Waals surface area contributed by atoms with Gasteiger partial charge in [0.2, 0.25) is 11.9 Å². The molecule has 0 radical (unpaired) electrons. The first kappa shape index (κ1) is 24.6. The van der Waals surface area contributed by atoms with Crippen LogP contribution in [-0.2, 0) is 55.3 Å². The molecule has 0 bridgehead atoms. The van der Waals surface area contributed by atoms with E-state index in [1.165, 1.54) is 18.2 Å². The minimum Gasteiger partial charge on any atom is -0.489 e. The summed E-state index contributed by atoms with van der Waals surface area (Å²) in [4.78, 5) is 48.8. The number of rotatable bonds is 9. The summed E-state index contributed by atoms with van der Waals surface area (Å²) in [5.74, 6) is -6.89. The molecule has 1 saturated heterocycles. The van der Waals surface area contributed by atoms with Crippen molar-refractivity contribution in [1.82, 2.24) is 0 Å². The van der Waals surface area contributed by atoms with Gasteiger partial charge in [-0.05, 0) is 24.3 Å². The molecule has 5 atom stereocenters. The van der Waals surface area contributed by atoms with E-state index in [1.54, 1.807) is 30.3 Å². The summed E-state index contributed by atoms with van der Waals surface area (Å²) in [6, 6.07) is 14.5. The van der Waals surface area contributed by atoms with Gasteiger partial charge in [-0.1, -0.05) is 24.3 Å². The quantitative estimate of drug-likeness (QED) is 0.351. The first-order chi connectivity index (χ1) is 21.1. The molecule has 1 aliphatic rings. The topological polar surface area (TPSA) is 168 Å². The fourth-order valence-corrected chi connectivity index (χ4v) is 4.09. The average Bonchev–Trinajstić information content (AvgIpc) is 3.05. The number of aliphatic hydroxyl groups is 1. The maximum Gasteiger partial charge on any atom is 0.303 e. The second kappa shape index (κ2) is 13.1. The molecule has 0 spiro atoms. The van der Waals surface area contributed by atoms with Gasteiger partial charge in [-0.25, -0.2) is 0 Å². The smallest absolute Gasteiger partial charge is 0.303 e. The zero-order valence-corrected chi connectivity index (χ0v) is 21.1. The Morgan fingerprint density at radius 1 is 0.950 bits per heavy atom. The predicted molar refractivity (Wildman–Crippen MR) is 134 cm³/mol. The summed E-state index contributed by atoms with van der Waals surface area (Å²) in [7, 11) is 0. The van der Waals surface area contributed by atoms with Crippen LogP contribution in [-0.4, -0.2) is 60.0 Å².